The Morgan fingerprint density at radius 2 is 1.68 bits per heavy atom. The third-order valence-corrected chi connectivity index (χ3v) is 6.48. The summed E-state index contributed by atoms with van der Waals surface area (Å²) in [4.78, 5) is 12.7. The molecular weight excluding hydrogens is 274 g/mol. The van der Waals surface area contributed by atoms with Gasteiger partial charge in [0.05, 0.1) is 0 Å². The first-order valence-electron chi connectivity index (χ1n) is 8.81. The lowest BCUT2D eigenvalue weighted by Crippen LogP contribution is -2.57. The second kappa shape index (κ2) is 4.74. The molecule has 3 nitrogen and oxygen atoms in total. The Morgan fingerprint density at radius 3 is 2.36 bits per heavy atom. The summed E-state index contributed by atoms with van der Waals surface area (Å²) < 4.78 is 5.85. The van der Waals surface area contributed by atoms with Gasteiger partial charge in [0.1, 0.15) is 5.75 Å². The molecule has 5 aliphatic rings. The number of hydrogen-bond donors (Lipinski definition) is 1. The van der Waals surface area contributed by atoms with Crippen molar-refractivity contribution in [3.05, 3.63) is 29.8 Å². The lowest BCUT2D eigenvalue weighted by Gasteiger charge is -2.54. The van der Waals surface area contributed by atoms with E-state index >= 15 is 0 Å². The molecule has 6 rings (SSSR count). The van der Waals surface area contributed by atoms with Gasteiger partial charge in [0.25, 0.3) is 5.91 Å². The molecule has 0 radical (unpaired) electrons. The number of hydrogen-bond acceptors (Lipinski definition) is 2. The van der Waals surface area contributed by atoms with Crippen LogP contribution in [0.25, 0.3) is 0 Å². The van der Waals surface area contributed by atoms with Gasteiger partial charge in [-0.2, -0.15) is 0 Å². The first-order chi connectivity index (χ1) is 10.8. The average Bonchev–Trinajstić information content (AvgIpc) is 2.94. The van der Waals surface area contributed by atoms with Crippen molar-refractivity contribution in [2.45, 2.75) is 50.7 Å². The van der Waals surface area contributed by atoms with Crippen molar-refractivity contribution >= 4 is 5.91 Å². The van der Waals surface area contributed by atoms with Crippen LogP contribution in [0.4, 0.5) is 0 Å². The SMILES string of the molecule is O=C(NC1C2CC3CC(C2)CC1C3)C1Cc2ccccc2O1. The summed E-state index contributed by atoms with van der Waals surface area (Å²) >= 11 is 0. The molecular formula is C19H23NO2. The van der Waals surface area contributed by atoms with Gasteiger partial charge in [-0.3, -0.25) is 4.79 Å². The van der Waals surface area contributed by atoms with E-state index in [9.17, 15) is 4.79 Å². The lowest BCUT2D eigenvalue weighted by atomic mass is 9.54. The molecule has 0 saturated heterocycles. The minimum atomic E-state index is -0.324. The Morgan fingerprint density at radius 1 is 1.00 bits per heavy atom. The zero-order valence-corrected chi connectivity index (χ0v) is 12.8. The van der Waals surface area contributed by atoms with Crippen LogP contribution in [-0.4, -0.2) is 18.1 Å². The van der Waals surface area contributed by atoms with Crippen molar-refractivity contribution in [1.82, 2.24) is 5.32 Å². The second-order valence-corrected chi connectivity index (χ2v) is 7.88. The number of carbonyl (C=O) groups is 1. The molecule has 1 N–H and O–H groups in total. The van der Waals surface area contributed by atoms with E-state index in [2.05, 4.69) is 11.4 Å². The van der Waals surface area contributed by atoms with E-state index in [1.165, 1.54) is 32.1 Å². The van der Waals surface area contributed by atoms with Crippen molar-refractivity contribution in [2.75, 3.05) is 0 Å². The summed E-state index contributed by atoms with van der Waals surface area (Å²) in [5, 5.41) is 3.37. The first kappa shape index (κ1) is 13.0. The van der Waals surface area contributed by atoms with E-state index in [0.29, 0.717) is 6.04 Å². The molecule has 0 spiro atoms. The zero-order chi connectivity index (χ0) is 14.7. The van der Waals surface area contributed by atoms with Gasteiger partial charge < -0.3 is 10.1 Å². The highest BCUT2D eigenvalue weighted by Gasteiger charge is 2.49. The maximum absolute atomic E-state index is 12.7. The minimum Gasteiger partial charge on any atom is -0.480 e. The van der Waals surface area contributed by atoms with Crippen LogP contribution in [0.2, 0.25) is 0 Å². The number of ether oxygens (including phenoxy) is 1. The molecule has 116 valence electrons. The van der Waals surface area contributed by atoms with Gasteiger partial charge in [0.2, 0.25) is 0 Å². The van der Waals surface area contributed by atoms with Crippen molar-refractivity contribution in [2.24, 2.45) is 23.7 Å². The predicted octanol–water partition coefficient (Wildman–Crippen LogP) is 2.93. The molecule has 3 heteroatoms. The fourth-order valence-electron chi connectivity index (χ4n) is 5.75. The Hall–Kier alpha value is -1.51. The van der Waals surface area contributed by atoms with Gasteiger partial charge in [-0.15, -0.1) is 0 Å². The molecule has 0 aromatic heterocycles. The summed E-state index contributed by atoms with van der Waals surface area (Å²) in [5.41, 5.74) is 1.16. The summed E-state index contributed by atoms with van der Waals surface area (Å²) in [5.74, 6) is 4.33. The van der Waals surface area contributed by atoms with E-state index < -0.39 is 0 Å². The third kappa shape index (κ3) is 1.98. The van der Waals surface area contributed by atoms with E-state index in [-0.39, 0.29) is 12.0 Å². The Kier molecular flexibility index (Phi) is 2.80. The average molecular weight is 297 g/mol. The second-order valence-electron chi connectivity index (χ2n) is 7.88. The monoisotopic (exact) mass is 297 g/mol. The number of carbonyl (C=O) groups excluding carboxylic acids is 1. The van der Waals surface area contributed by atoms with Gasteiger partial charge in [-0.1, -0.05) is 18.2 Å². The lowest BCUT2D eigenvalue weighted by molar-refractivity contribution is -0.131. The summed E-state index contributed by atoms with van der Waals surface area (Å²) in [6.07, 6.45) is 7.19. The van der Waals surface area contributed by atoms with Crippen LogP contribution < -0.4 is 10.1 Å². The summed E-state index contributed by atoms with van der Waals surface area (Å²) in [6, 6.07) is 8.42. The number of amides is 1. The van der Waals surface area contributed by atoms with Crippen LogP contribution in [0.3, 0.4) is 0 Å². The maximum atomic E-state index is 12.7. The standard InChI is InChI=1S/C19H23NO2/c21-19(17-10-13-3-1-2-4-16(13)22-17)20-18-14-6-11-5-12(8-14)9-15(18)7-11/h1-4,11-12,14-15,17-18H,5-10H2,(H,20,21). The van der Waals surface area contributed by atoms with Gasteiger partial charge >= 0.3 is 0 Å². The van der Waals surface area contributed by atoms with Crippen LogP contribution in [0.5, 0.6) is 5.75 Å². The molecule has 1 aliphatic heterocycles. The summed E-state index contributed by atoms with van der Waals surface area (Å²) in [6.45, 7) is 0. The number of fused-ring (bicyclic) bond motifs is 1. The molecule has 1 unspecified atom stereocenters. The highest BCUT2D eigenvalue weighted by atomic mass is 16.5. The Labute approximate surface area is 131 Å². The van der Waals surface area contributed by atoms with E-state index in [1.807, 2.05) is 18.2 Å². The molecule has 4 saturated carbocycles. The van der Waals surface area contributed by atoms with Crippen LogP contribution >= 0.6 is 0 Å². The molecule has 1 amide bonds. The van der Waals surface area contributed by atoms with Gasteiger partial charge in [-0.05, 0) is 67.4 Å². The number of benzene rings is 1. The number of para-hydroxylation sites is 1. The highest BCUT2D eigenvalue weighted by molar-refractivity contribution is 5.82. The van der Waals surface area contributed by atoms with Crippen molar-refractivity contribution in [3.8, 4) is 5.75 Å². The quantitative estimate of drug-likeness (QED) is 0.911. The van der Waals surface area contributed by atoms with Gasteiger partial charge in [-0.25, -0.2) is 0 Å². The van der Waals surface area contributed by atoms with E-state index in [1.54, 1.807) is 0 Å². The fourth-order valence-corrected chi connectivity index (χ4v) is 5.75. The number of rotatable bonds is 2. The molecule has 1 heterocycles. The first-order valence-corrected chi connectivity index (χ1v) is 8.81. The molecule has 1 aromatic carbocycles. The largest absolute Gasteiger partial charge is 0.480 e. The Bertz CT molecular complexity index is 558. The summed E-state index contributed by atoms with van der Waals surface area (Å²) in [7, 11) is 0. The molecule has 1 atom stereocenters. The highest BCUT2D eigenvalue weighted by Crippen LogP contribution is 2.53. The minimum absolute atomic E-state index is 0.105. The van der Waals surface area contributed by atoms with E-state index in [0.717, 1.165) is 41.4 Å². The van der Waals surface area contributed by atoms with Crippen LogP contribution in [0.1, 0.15) is 37.7 Å². The van der Waals surface area contributed by atoms with Gasteiger partial charge in [0.15, 0.2) is 6.10 Å². The molecule has 4 aliphatic carbocycles. The van der Waals surface area contributed by atoms with Crippen molar-refractivity contribution in [1.29, 1.82) is 0 Å². The fraction of sp³-hybridized carbons (Fsp3) is 0.632. The van der Waals surface area contributed by atoms with E-state index in [4.69, 9.17) is 4.74 Å². The third-order valence-electron chi connectivity index (χ3n) is 6.48. The van der Waals surface area contributed by atoms with Gasteiger partial charge in [0, 0.05) is 12.5 Å². The van der Waals surface area contributed by atoms with Crippen molar-refractivity contribution < 1.29 is 9.53 Å². The van der Waals surface area contributed by atoms with Crippen LogP contribution in [0.15, 0.2) is 24.3 Å². The number of nitrogens with one attached hydrogen (secondary N) is 1. The topological polar surface area (TPSA) is 38.3 Å². The Balaban J connectivity index is 1.28. The predicted molar refractivity (Wildman–Crippen MR) is 83.5 cm³/mol. The van der Waals surface area contributed by atoms with Crippen molar-refractivity contribution in [3.63, 3.8) is 0 Å². The smallest absolute Gasteiger partial charge is 0.261 e. The molecule has 4 fully saturated rings. The molecule has 22 heavy (non-hydrogen) atoms. The van der Waals surface area contributed by atoms with Crippen LogP contribution in [-0.2, 0) is 11.2 Å². The maximum Gasteiger partial charge on any atom is 0.261 e. The normalized spacial score (nSPS) is 41.1. The zero-order valence-electron chi connectivity index (χ0n) is 12.8. The van der Waals surface area contributed by atoms with Crippen LogP contribution in [0, 0.1) is 23.7 Å². The molecule has 4 bridgehead atoms. The molecule has 1 aromatic rings.